The van der Waals surface area contributed by atoms with E-state index in [4.69, 9.17) is 0 Å². The minimum atomic E-state index is -4.40. The molecule has 33 heavy (non-hydrogen) atoms. The van der Waals surface area contributed by atoms with Crippen molar-refractivity contribution in [3.63, 3.8) is 0 Å². The van der Waals surface area contributed by atoms with Crippen molar-refractivity contribution in [1.82, 2.24) is 20.1 Å². The van der Waals surface area contributed by atoms with Crippen molar-refractivity contribution in [2.75, 3.05) is 18.4 Å². The van der Waals surface area contributed by atoms with Crippen molar-refractivity contribution >= 4 is 22.6 Å². The van der Waals surface area contributed by atoms with E-state index in [-0.39, 0.29) is 23.9 Å². The van der Waals surface area contributed by atoms with E-state index in [0.717, 1.165) is 29.9 Å². The van der Waals surface area contributed by atoms with Crippen LogP contribution in [-0.4, -0.2) is 39.1 Å². The number of halogens is 3. The SMILES string of the molecule is CC(=O)N1CCC(c2cnc3c(C)nnc(NCc4cccc(C(F)(F)F)c4C)c3c2)CC1. The van der Waals surface area contributed by atoms with E-state index in [1.165, 1.54) is 13.0 Å². The number of amides is 1. The summed E-state index contributed by atoms with van der Waals surface area (Å²) in [6, 6.07) is 6.22. The Kier molecular flexibility index (Phi) is 6.23. The zero-order valence-corrected chi connectivity index (χ0v) is 18.8. The Labute approximate surface area is 190 Å². The second kappa shape index (κ2) is 8.96. The first kappa shape index (κ1) is 22.9. The number of rotatable bonds is 4. The number of anilines is 1. The third-order valence-electron chi connectivity index (χ3n) is 6.42. The van der Waals surface area contributed by atoms with E-state index in [2.05, 4.69) is 20.5 Å². The molecule has 1 amide bonds. The Morgan fingerprint density at radius 3 is 2.58 bits per heavy atom. The number of carbonyl (C=O) groups excluding carboxylic acids is 1. The van der Waals surface area contributed by atoms with E-state index in [1.807, 2.05) is 24.1 Å². The predicted molar refractivity (Wildman–Crippen MR) is 120 cm³/mol. The summed E-state index contributed by atoms with van der Waals surface area (Å²) in [5.41, 5.74) is 2.56. The molecule has 6 nitrogen and oxygen atoms in total. The molecule has 0 aliphatic carbocycles. The Hall–Kier alpha value is -3.23. The molecule has 1 aromatic carbocycles. The highest BCUT2D eigenvalue weighted by Crippen LogP contribution is 2.34. The largest absolute Gasteiger partial charge is 0.416 e. The maximum atomic E-state index is 13.3. The van der Waals surface area contributed by atoms with Gasteiger partial charge in [0.1, 0.15) is 0 Å². The molecule has 1 N–H and O–H groups in total. The third-order valence-corrected chi connectivity index (χ3v) is 6.42. The molecule has 1 aliphatic rings. The maximum Gasteiger partial charge on any atom is 0.416 e. The summed E-state index contributed by atoms with van der Waals surface area (Å²) in [6.45, 7) is 6.50. The molecule has 9 heteroatoms. The lowest BCUT2D eigenvalue weighted by Gasteiger charge is -2.31. The normalized spacial score (nSPS) is 15.2. The fourth-order valence-electron chi connectivity index (χ4n) is 4.42. The average molecular weight is 458 g/mol. The lowest BCUT2D eigenvalue weighted by atomic mass is 9.90. The Morgan fingerprint density at radius 2 is 1.91 bits per heavy atom. The van der Waals surface area contributed by atoms with Crippen LogP contribution in [0.4, 0.5) is 19.0 Å². The molecular formula is C24H26F3N5O. The third kappa shape index (κ3) is 4.77. The molecule has 1 aliphatic heterocycles. The standard InChI is InChI=1S/C24H26F3N5O/c1-14-18(5-4-6-21(14)24(25,26)27)12-29-23-20-11-19(13-28-22(20)15(2)30-31-23)17-7-9-32(10-8-17)16(3)33/h4-6,11,13,17H,7-10,12H2,1-3H3,(H,29,31). The van der Waals surface area contributed by atoms with Gasteiger partial charge in [0.2, 0.25) is 5.91 Å². The van der Waals surface area contributed by atoms with Gasteiger partial charge in [0.25, 0.3) is 0 Å². The molecule has 3 aromatic rings. The number of nitrogens with zero attached hydrogens (tertiary/aromatic N) is 4. The molecule has 0 spiro atoms. The smallest absolute Gasteiger partial charge is 0.364 e. The minimum absolute atomic E-state index is 0.0901. The Bertz CT molecular complexity index is 1190. The first-order chi connectivity index (χ1) is 15.6. The number of benzene rings is 1. The number of pyridine rings is 1. The zero-order chi connectivity index (χ0) is 23.8. The van der Waals surface area contributed by atoms with Crippen LogP contribution in [0.2, 0.25) is 0 Å². The van der Waals surface area contributed by atoms with Crippen LogP contribution in [0, 0.1) is 13.8 Å². The number of alkyl halides is 3. The van der Waals surface area contributed by atoms with Crippen molar-refractivity contribution in [2.45, 2.75) is 52.3 Å². The van der Waals surface area contributed by atoms with Crippen LogP contribution in [-0.2, 0) is 17.5 Å². The number of aryl methyl sites for hydroxylation is 1. The summed E-state index contributed by atoms with van der Waals surface area (Å²) in [5, 5.41) is 12.4. The Balaban J connectivity index is 1.60. The summed E-state index contributed by atoms with van der Waals surface area (Å²) >= 11 is 0. The highest BCUT2D eigenvalue weighted by atomic mass is 19.4. The highest BCUT2D eigenvalue weighted by Gasteiger charge is 2.32. The molecule has 4 rings (SSSR count). The molecular weight excluding hydrogens is 431 g/mol. The summed E-state index contributed by atoms with van der Waals surface area (Å²) < 4.78 is 39.8. The highest BCUT2D eigenvalue weighted by molar-refractivity contribution is 5.90. The molecule has 1 fully saturated rings. The number of piperidine rings is 1. The quantitative estimate of drug-likeness (QED) is 0.597. The fourth-order valence-corrected chi connectivity index (χ4v) is 4.42. The van der Waals surface area contributed by atoms with E-state index in [1.54, 1.807) is 13.0 Å². The number of likely N-dealkylation sites (tertiary alicyclic amines) is 1. The summed E-state index contributed by atoms with van der Waals surface area (Å²) in [6.07, 6.45) is -0.827. The van der Waals surface area contributed by atoms with Gasteiger partial charge in [-0.25, -0.2) is 0 Å². The van der Waals surface area contributed by atoms with Gasteiger partial charge in [-0.1, -0.05) is 12.1 Å². The maximum absolute atomic E-state index is 13.3. The van der Waals surface area contributed by atoms with Crippen molar-refractivity contribution < 1.29 is 18.0 Å². The molecule has 1 saturated heterocycles. The molecule has 0 radical (unpaired) electrons. The van der Waals surface area contributed by atoms with Crippen LogP contribution < -0.4 is 5.32 Å². The van der Waals surface area contributed by atoms with Gasteiger partial charge < -0.3 is 10.2 Å². The van der Waals surface area contributed by atoms with Gasteiger partial charge in [0, 0.05) is 38.1 Å². The zero-order valence-electron chi connectivity index (χ0n) is 18.8. The van der Waals surface area contributed by atoms with Crippen LogP contribution in [0.15, 0.2) is 30.5 Å². The van der Waals surface area contributed by atoms with Crippen molar-refractivity contribution in [1.29, 1.82) is 0 Å². The number of hydrogen-bond acceptors (Lipinski definition) is 5. The first-order valence-electron chi connectivity index (χ1n) is 10.9. The summed E-state index contributed by atoms with van der Waals surface area (Å²) in [7, 11) is 0. The van der Waals surface area contributed by atoms with Gasteiger partial charge in [-0.3, -0.25) is 9.78 Å². The number of aromatic nitrogens is 3. The molecule has 0 unspecified atom stereocenters. The summed E-state index contributed by atoms with van der Waals surface area (Å²) in [5.74, 6) is 0.861. The van der Waals surface area contributed by atoms with Gasteiger partial charge in [0.05, 0.1) is 16.8 Å². The number of fused-ring (bicyclic) bond motifs is 1. The van der Waals surface area contributed by atoms with Crippen LogP contribution in [0.3, 0.4) is 0 Å². The van der Waals surface area contributed by atoms with Crippen LogP contribution >= 0.6 is 0 Å². The molecule has 0 atom stereocenters. The van der Waals surface area contributed by atoms with Gasteiger partial charge in [-0.15, -0.1) is 5.10 Å². The second-order valence-electron chi connectivity index (χ2n) is 8.52. The lowest BCUT2D eigenvalue weighted by molar-refractivity contribution is -0.138. The molecule has 3 heterocycles. The van der Waals surface area contributed by atoms with Gasteiger partial charge >= 0.3 is 6.18 Å². The van der Waals surface area contributed by atoms with Gasteiger partial charge in [0.15, 0.2) is 5.82 Å². The Morgan fingerprint density at radius 1 is 1.18 bits per heavy atom. The monoisotopic (exact) mass is 457 g/mol. The van der Waals surface area contributed by atoms with E-state index in [0.29, 0.717) is 35.7 Å². The van der Waals surface area contributed by atoms with Gasteiger partial charge in [-0.2, -0.15) is 18.3 Å². The fraction of sp³-hybridized carbons (Fsp3) is 0.417. The van der Waals surface area contributed by atoms with Crippen molar-refractivity contribution in [3.8, 4) is 0 Å². The number of hydrogen-bond donors (Lipinski definition) is 1. The number of nitrogens with one attached hydrogen (secondary N) is 1. The predicted octanol–water partition coefficient (Wildman–Crippen LogP) is 5.00. The first-order valence-corrected chi connectivity index (χ1v) is 10.9. The molecule has 2 aromatic heterocycles. The van der Waals surface area contributed by atoms with Gasteiger partial charge in [-0.05, 0) is 61.4 Å². The van der Waals surface area contributed by atoms with E-state index < -0.39 is 11.7 Å². The topological polar surface area (TPSA) is 71.0 Å². The molecule has 174 valence electrons. The van der Waals surface area contributed by atoms with Crippen LogP contribution in [0.5, 0.6) is 0 Å². The van der Waals surface area contributed by atoms with Crippen molar-refractivity contribution in [2.24, 2.45) is 0 Å². The molecule has 0 saturated carbocycles. The summed E-state index contributed by atoms with van der Waals surface area (Å²) in [4.78, 5) is 18.1. The van der Waals surface area contributed by atoms with Crippen LogP contribution in [0.25, 0.3) is 10.9 Å². The van der Waals surface area contributed by atoms with Crippen LogP contribution in [0.1, 0.15) is 53.6 Å². The van der Waals surface area contributed by atoms with E-state index in [9.17, 15) is 18.0 Å². The average Bonchev–Trinajstić information content (AvgIpc) is 2.78. The van der Waals surface area contributed by atoms with E-state index >= 15 is 0 Å². The lowest BCUT2D eigenvalue weighted by Crippen LogP contribution is -2.36. The van der Waals surface area contributed by atoms with Crippen molar-refractivity contribution in [3.05, 3.63) is 58.4 Å². The second-order valence-corrected chi connectivity index (χ2v) is 8.52. The molecule has 0 bridgehead atoms. The number of carbonyl (C=O) groups is 1. The minimum Gasteiger partial charge on any atom is -0.364 e.